The number of ether oxygens (including phenoxy) is 1. The number of carbonyl (C=O) groups excluding carboxylic acids is 1. The van der Waals surface area contributed by atoms with Crippen LogP contribution in [0.3, 0.4) is 0 Å². The molecule has 6 heteroatoms. The molecule has 0 aliphatic heterocycles. The Balaban J connectivity index is 4.09. The molecule has 0 aromatic carbocycles. The van der Waals surface area contributed by atoms with Crippen LogP contribution in [-0.2, 0) is 14.3 Å². The summed E-state index contributed by atoms with van der Waals surface area (Å²) < 4.78 is 4.65. The van der Waals surface area contributed by atoms with Gasteiger partial charge in [-0.1, -0.05) is 0 Å². The fraction of sp³-hybridized carbons (Fsp3) is 0.714. The average Bonchev–Trinajstić information content (AvgIpc) is 2.11. The highest BCUT2D eigenvalue weighted by Gasteiger charge is 2.21. The highest BCUT2D eigenvalue weighted by Crippen LogP contribution is 1.90. The first kappa shape index (κ1) is 11.9. The molecule has 0 aliphatic rings. The molecule has 1 amide bonds. The maximum absolute atomic E-state index is 11.0. The van der Waals surface area contributed by atoms with E-state index in [1.807, 2.05) is 0 Å². The molecule has 0 bridgehead atoms. The Morgan fingerprint density at radius 1 is 1.54 bits per heavy atom. The van der Waals surface area contributed by atoms with E-state index in [0.29, 0.717) is 0 Å². The van der Waals surface area contributed by atoms with E-state index >= 15 is 0 Å². The normalized spacial score (nSPS) is 14.7. The summed E-state index contributed by atoms with van der Waals surface area (Å²) in [6, 6.07) is -1.27. The van der Waals surface area contributed by atoms with Gasteiger partial charge in [0.1, 0.15) is 12.1 Å². The number of carboxylic acid groups (broad SMARTS) is 1. The SMILES string of the molecule is COC(C)C(=O)N[C@H](CO)C(=O)O. The van der Waals surface area contributed by atoms with Crippen LogP contribution in [-0.4, -0.2) is 48.0 Å². The van der Waals surface area contributed by atoms with Gasteiger partial charge in [0, 0.05) is 7.11 Å². The van der Waals surface area contributed by atoms with Crippen LogP contribution in [0.5, 0.6) is 0 Å². The number of nitrogens with one attached hydrogen (secondary N) is 1. The number of aliphatic carboxylic acids is 1. The minimum Gasteiger partial charge on any atom is -0.480 e. The summed E-state index contributed by atoms with van der Waals surface area (Å²) in [5.41, 5.74) is 0. The van der Waals surface area contributed by atoms with Gasteiger partial charge >= 0.3 is 5.97 Å². The summed E-state index contributed by atoms with van der Waals surface area (Å²) >= 11 is 0. The van der Waals surface area contributed by atoms with Gasteiger partial charge in [0.2, 0.25) is 5.91 Å². The number of rotatable bonds is 5. The Morgan fingerprint density at radius 3 is 2.38 bits per heavy atom. The van der Waals surface area contributed by atoms with E-state index in [2.05, 4.69) is 10.1 Å². The third-order valence-corrected chi connectivity index (χ3v) is 1.52. The first-order chi connectivity index (χ1) is 6.02. The van der Waals surface area contributed by atoms with Crippen molar-refractivity contribution in [1.82, 2.24) is 5.32 Å². The van der Waals surface area contributed by atoms with Crippen molar-refractivity contribution in [3.63, 3.8) is 0 Å². The Hall–Kier alpha value is -1.14. The molecule has 13 heavy (non-hydrogen) atoms. The van der Waals surface area contributed by atoms with Crippen LogP contribution in [0, 0.1) is 0 Å². The summed E-state index contributed by atoms with van der Waals surface area (Å²) in [5.74, 6) is -1.84. The minimum atomic E-state index is -1.28. The standard InChI is InChI=1S/C7H13NO5/c1-4(13-2)6(10)8-5(3-9)7(11)12/h4-5,9H,3H2,1-2H3,(H,8,10)(H,11,12)/t4?,5-/m1/s1. The number of aliphatic hydroxyl groups excluding tert-OH is 1. The molecule has 0 aromatic rings. The fourth-order valence-electron chi connectivity index (χ4n) is 0.582. The van der Waals surface area contributed by atoms with Crippen LogP contribution in [0.25, 0.3) is 0 Å². The summed E-state index contributed by atoms with van der Waals surface area (Å²) in [6.07, 6.45) is -0.728. The van der Waals surface area contributed by atoms with Gasteiger partial charge in [-0.2, -0.15) is 0 Å². The monoisotopic (exact) mass is 191 g/mol. The lowest BCUT2D eigenvalue weighted by Crippen LogP contribution is -2.47. The van der Waals surface area contributed by atoms with Crippen LogP contribution >= 0.6 is 0 Å². The number of carbonyl (C=O) groups is 2. The third kappa shape index (κ3) is 3.86. The molecule has 6 nitrogen and oxygen atoms in total. The van der Waals surface area contributed by atoms with Crippen molar-refractivity contribution in [2.75, 3.05) is 13.7 Å². The summed E-state index contributed by atoms with van der Waals surface area (Å²) in [5, 5.41) is 19.1. The molecule has 0 rings (SSSR count). The maximum atomic E-state index is 11.0. The molecule has 0 spiro atoms. The first-order valence-corrected chi connectivity index (χ1v) is 3.69. The highest BCUT2D eigenvalue weighted by atomic mass is 16.5. The van der Waals surface area contributed by atoms with Gasteiger partial charge < -0.3 is 20.3 Å². The molecular formula is C7H13NO5. The summed E-state index contributed by atoms with van der Waals surface area (Å²) in [6.45, 7) is 0.836. The van der Waals surface area contributed by atoms with E-state index in [4.69, 9.17) is 10.2 Å². The number of methoxy groups -OCH3 is 1. The quantitative estimate of drug-likeness (QED) is 0.495. The second-order valence-corrected chi connectivity index (χ2v) is 2.46. The molecule has 0 radical (unpaired) electrons. The lowest BCUT2D eigenvalue weighted by atomic mass is 10.3. The molecule has 1 unspecified atom stereocenters. The van der Waals surface area contributed by atoms with Crippen molar-refractivity contribution in [1.29, 1.82) is 0 Å². The molecular weight excluding hydrogens is 178 g/mol. The van der Waals surface area contributed by atoms with E-state index in [0.717, 1.165) is 0 Å². The van der Waals surface area contributed by atoms with Crippen molar-refractivity contribution in [3.05, 3.63) is 0 Å². The van der Waals surface area contributed by atoms with Crippen molar-refractivity contribution >= 4 is 11.9 Å². The highest BCUT2D eigenvalue weighted by molar-refractivity contribution is 5.86. The van der Waals surface area contributed by atoms with Gasteiger partial charge in [-0.25, -0.2) is 4.79 Å². The average molecular weight is 191 g/mol. The van der Waals surface area contributed by atoms with Gasteiger partial charge in [0.25, 0.3) is 0 Å². The molecule has 2 atom stereocenters. The fourth-order valence-corrected chi connectivity index (χ4v) is 0.582. The third-order valence-electron chi connectivity index (χ3n) is 1.52. The zero-order valence-corrected chi connectivity index (χ0v) is 7.48. The van der Waals surface area contributed by atoms with E-state index in [1.54, 1.807) is 0 Å². The van der Waals surface area contributed by atoms with Gasteiger partial charge in [0.15, 0.2) is 0 Å². The number of aliphatic hydroxyl groups is 1. The van der Waals surface area contributed by atoms with Crippen LogP contribution in [0.2, 0.25) is 0 Å². The van der Waals surface area contributed by atoms with Gasteiger partial charge in [0.05, 0.1) is 6.61 Å². The van der Waals surface area contributed by atoms with Crippen molar-refractivity contribution in [2.45, 2.75) is 19.1 Å². The zero-order chi connectivity index (χ0) is 10.4. The predicted octanol–water partition coefficient (Wildman–Crippen LogP) is -1.42. The van der Waals surface area contributed by atoms with Crippen molar-refractivity contribution < 1.29 is 24.5 Å². The smallest absolute Gasteiger partial charge is 0.328 e. The molecule has 0 saturated heterocycles. The number of carboxylic acids is 1. The Kier molecular flexibility index (Phi) is 5.01. The second kappa shape index (κ2) is 5.50. The zero-order valence-electron chi connectivity index (χ0n) is 7.48. The molecule has 0 saturated carbocycles. The Morgan fingerprint density at radius 2 is 2.08 bits per heavy atom. The number of hydrogen-bond donors (Lipinski definition) is 3. The van der Waals surface area contributed by atoms with Crippen LogP contribution < -0.4 is 5.32 Å². The summed E-state index contributed by atoms with van der Waals surface area (Å²) in [4.78, 5) is 21.4. The lowest BCUT2D eigenvalue weighted by Gasteiger charge is -2.14. The van der Waals surface area contributed by atoms with E-state index in [-0.39, 0.29) is 0 Å². The largest absolute Gasteiger partial charge is 0.480 e. The first-order valence-electron chi connectivity index (χ1n) is 3.69. The van der Waals surface area contributed by atoms with Gasteiger partial charge in [-0.05, 0) is 6.92 Å². The molecule has 0 aromatic heterocycles. The van der Waals surface area contributed by atoms with E-state index in [1.165, 1.54) is 14.0 Å². The number of amides is 1. The molecule has 3 N–H and O–H groups in total. The molecule has 0 aliphatic carbocycles. The van der Waals surface area contributed by atoms with Crippen LogP contribution in [0.4, 0.5) is 0 Å². The van der Waals surface area contributed by atoms with E-state index < -0.39 is 30.6 Å². The van der Waals surface area contributed by atoms with Crippen molar-refractivity contribution in [2.24, 2.45) is 0 Å². The Bertz CT molecular complexity index is 193. The predicted molar refractivity (Wildman–Crippen MR) is 43.1 cm³/mol. The van der Waals surface area contributed by atoms with Crippen molar-refractivity contribution in [3.8, 4) is 0 Å². The van der Waals surface area contributed by atoms with Crippen LogP contribution in [0.1, 0.15) is 6.92 Å². The molecule has 0 heterocycles. The minimum absolute atomic E-state index is 0.566. The topological polar surface area (TPSA) is 95.9 Å². The maximum Gasteiger partial charge on any atom is 0.328 e. The molecule has 0 fully saturated rings. The van der Waals surface area contributed by atoms with E-state index in [9.17, 15) is 9.59 Å². The number of hydrogen-bond acceptors (Lipinski definition) is 4. The lowest BCUT2D eigenvalue weighted by molar-refractivity contribution is -0.144. The summed E-state index contributed by atoms with van der Waals surface area (Å²) in [7, 11) is 1.33. The van der Waals surface area contributed by atoms with Gasteiger partial charge in [-0.15, -0.1) is 0 Å². The Labute approximate surface area is 75.5 Å². The second-order valence-electron chi connectivity index (χ2n) is 2.46. The molecule has 76 valence electrons. The van der Waals surface area contributed by atoms with Crippen LogP contribution in [0.15, 0.2) is 0 Å². The van der Waals surface area contributed by atoms with Gasteiger partial charge in [-0.3, -0.25) is 4.79 Å².